The maximum absolute atomic E-state index is 11.0. The lowest BCUT2D eigenvalue weighted by Gasteiger charge is -2.03. The molecule has 0 radical (unpaired) electrons. The normalized spacial score (nSPS) is 11.6. The van der Waals surface area contributed by atoms with Crippen LogP contribution in [0.5, 0.6) is 0 Å². The van der Waals surface area contributed by atoms with Crippen LogP contribution in [-0.4, -0.2) is 24.6 Å². The Balaban J connectivity index is 3.21. The smallest absolute Gasteiger partial charge is 0.154 e. The molecule has 1 aromatic heterocycles. The minimum Gasteiger partial charge on any atom is -0.345 e. The van der Waals surface area contributed by atoms with Crippen LogP contribution in [-0.2, 0) is 15.6 Å². The van der Waals surface area contributed by atoms with E-state index in [4.69, 9.17) is 12.2 Å². The minimum absolute atomic E-state index is 0.120. The van der Waals surface area contributed by atoms with Crippen LogP contribution in [0.4, 0.5) is 0 Å². The molecular weight excluding hydrogens is 288 g/mol. The van der Waals surface area contributed by atoms with Gasteiger partial charge >= 0.3 is 0 Å². The number of rotatable bonds is 2. The number of aromatic nitrogens is 2. The van der Waals surface area contributed by atoms with Gasteiger partial charge in [0, 0.05) is 11.9 Å². The maximum Gasteiger partial charge on any atom is 0.154 e. The number of H-pyrrole nitrogens is 1. The molecule has 0 unspecified atom stereocenters. The second-order valence-corrected chi connectivity index (χ2v) is 6.32. The lowest BCUT2D eigenvalue weighted by Crippen LogP contribution is -2.06. The molecule has 0 fully saturated rings. The molecule has 0 atom stereocenters. The molecule has 0 aliphatic heterocycles. The topological polar surface area (TPSA) is 62.8 Å². The van der Waals surface area contributed by atoms with Gasteiger partial charge in [0.05, 0.1) is 4.47 Å². The third-order valence-electron chi connectivity index (χ3n) is 1.48. The molecule has 0 aliphatic carbocycles. The second-order valence-electron chi connectivity index (χ2n) is 3.00. The van der Waals surface area contributed by atoms with Gasteiger partial charge in [0.2, 0.25) is 0 Å². The van der Waals surface area contributed by atoms with Gasteiger partial charge in [-0.05, 0) is 22.9 Å². The van der Waals surface area contributed by atoms with E-state index in [0.717, 1.165) is 11.9 Å². The van der Waals surface area contributed by atoms with Gasteiger partial charge in [-0.15, -0.1) is 0 Å². The first-order valence-corrected chi connectivity index (χ1v) is 6.99. The van der Waals surface area contributed by atoms with Crippen LogP contribution in [0.2, 0.25) is 0 Å². The average Bonchev–Trinajstić information content (AvgIpc) is 1.96. The van der Waals surface area contributed by atoms with E-state index >= 15 is 0 Å². The quantitative estimate of drug-likeness (QED) is 0.845. The van der Waals surface area contributed by atoms with E-state index in [0.29, 0.717) is 14.9 Å². The SMILES string of the molecule is Cc1[nH]c(CS(C)(=O)=O)nc(=S)c1Br. The van der Waals surface area contributed by atoms with Crippen molar-refractivity contribution in [2.75, 3.05) is 6.26 Å². The van der Waals surface area contributed by atoms with Crippen molar-refractivity contribution < 1.29 is 8.42 Å². The summed E-state index contributed by atoms with van der Waals surface area (Å²) in [6.07, 6.45) is 1.16. The Morgan fingerprint density at radius 1 is 1.57 bits per heavy atom. The Hall–Kier alpha value is -0.270. The summed E-state index contributed by atoms with van der Waals surface area (Å²) in [5, 5.41) is 0. The molecule has 0 saturated carbocycles. The Morgan fingerprint density at radius 2 is 2.14 bits per heavy atom. The molecule has 0 spiro atoms. The lowest BCUT2D eigenvalue weighted by atomic mass is 10.4. The number of hydrogen-bond donors (Lipinski definition) is 1. The molecule has 1 rings (SSSR count). The highest BCUT2D eigenvalue weighted by atomic mass is 79.9. The van der Waals surface area contributed by atoms with E-state index in [1.165, 1.54) is 0 Å². The molecule has 1 N–H and O–H groups in total. The van der Waals surface area contributed by atoms with Gasteiger partial charge in [-0.1, -0.05) is 12.2 Å². The fourth-order valence-corrected chi connectivity index (χ4v) is 2.03. The van der Waals surface area contributed by atoms with Crippen molar-refractivity contribution in [3.05, 3.63) is 20.6 Å². The first-order chi connectivity index (χ1) is 6.29. The zero-order valence-corrected chi connectivity index (χ0v) is 10.9. The molecule has 0 saturated heterocycles. The summed E-state index contributed by atoms with van der Waals surface area (Å²) < 4.78 is 23.1. The maximum atomic E-state index is 11.0. The van der Waals surface area contributed by atoms with Crippen molar-refractivity contribution in [2.24, 2.45) is 0 Å². The van der Waals surface area contributed by atoms with Gasteiger partial charge in [-0.3, -0.25) is 0 Å². The van der Waals surface area contributed by atoms with Crippen LogP contribution in [0.3, 0.4) is 0 Å². The summed E-state index contributed by atoms with van der Waals surface area (Å²) >= 11 is 8.19. The monoisotopic (exact) mass is 296 g/mol. The first kappa shape index (κ1) is 11.8. The third-order valence-corrected chi connectivity index (χ3v) is 3.81. The number of halogens is 1. The predicted molar refractivity (Wildman–Crippen MR) is 60.4 cm³/mol. The molecule has 7 heteroatoms. The zero-order chi connectivity index (χ0) is 10.9. The summed E-state index contributed by atoms with van der Waals surface area (Å²) in [6, 6.07) is 0. The highest BCUT2D eigenvalue weighted by Gasteiger charge is 2.08. The van der Waals surface area contributed by atoms with Gasteiger partial charge in [0.15, 0.2) is 9.84 Å². The van der Waals surface area contributed by atoms with Crippen molar-refractivity contribution in [3.63, 3.8) is 0 Å². The molecule has 0 amide bonds. The van der Waals surface area contributed by atoms with Crippen molar-refractivity contribution >= 4 is 38.0 Å². The highest BCUT2D eigenvalue weighted by Crippen LogP contribution is 2.14. The van der Waals surface area contributed by atoms with Crippen molar-refractivity contribution in [1.29, 1.82) is 0 Å². The number of sulfone groups is 1. The molecule has 0 bridgehead atoms. The summed E-state index contributed by atoms with van der Waals surface area (Å²) in [5.74, 6) is 0.253. The van der Waals surface area contributed by atoms with E-state index in [9.17, 15) is 8.42 Å². The fraction of sp³-hybridized carbons (Fsp3) is 0.429. The first-order valence-electron chi connectivity index (χ1n) is 3.72. The largest absolute Gasteiger partial charge is 0.345 e. The van der Waals surface area contributed by atoms with Crippen LogP contribution >= 0.6 is 28.1 Å². The third kappa shape index (κ3) is 3.14. The molecule has 0 aromatic carbocycles. The number of hydrogen-bond acceptors (Lipinski definition) is 4. The van der Waals surface area contributed by atoms with Crippen LogP contribution in [0.1, 0.15) is 11.5 Å². The van der Waals surface area contributed by atoms with E-state index in [-0.39, 0.29) is 5.75 Å². The fourth-order valence-electron chi connectivity index (χ4n) is 0.948. The highest BCUT2D eigenvalue weighted by molar-refractivity contribution is 9.10. The Labute approximate surface area is 95.8 Å². The second kappa shape index (κ2) is 4.08. The molecule has 4 nitrogen and oxygen atoms in total. The van der Waals surface area contributed by atoms with Crippen LogP contribution in [0.15, 0.2) is 4.47 Å². The molecule has 1 aromatic rings. The summed E-state index contributed by atoms with van der Waals surface area (Å²) in [7, 11) is -3.08. The molecule has 1 heterocycles. The minimum atomic E-state index is -3.08. The standard InChI is InChI=1S/C7H9BrN2O2S2/c1-4-6(8)7(13)10-5(9-4)3-14(2,11)12/h3H2,1-2H3,(H,9,10,13). The van der Waals surface area contributed by atoms with E-state index < -0.39 is 9.84 Å². The van der Waals surface area contributed by atoms with Crippen LogP contribution in [0.25, 0.3) is 0 Å². The predicted octanol–water partition coefficient (Wildman–Crippen LogP) is 1.75. The summed E-state index contributed by atoms with van der Waals surface area (Å²) in [5.41, 5.74) is 0.781. The van der Waals surface area contributed by atoms with Crippen molar-refractivity contribution in [3.8, 4) is 0 Å². The van der Waals surface area contributed by atoms with E-state index in [1.807, 2.05) is 0 Å². The molecule has 78 valence electrons. The average molecular weight is 297 g/mol. The Bertz CT molecular complexity index is 507. The van der Waals surface area contributed by atoms with Gasteiger partial charge in [-0.25, -0.2) is 13.4 Å². The van der Waals surface area contributed by atoms with Gasteiger partial charge < -0.3 is 4.98 Å². The van der Waals surface area contributed by atoms with Crippen molar-refractivity contribution in [1.82, 2.24) is 9.97 Å². The number of nitrogens with zero attached hydrogens (tertiary/aromatic N) is 1. The zero-order valence-electron chi connectivity index (χ0n) is 7.67. The Morgan fingerprint density at radius 3 is 2.57 bits per heavy atom. The lowest BCUT2D eigenvalue weighted by molar-refractivity contribution is 0.599. The van der Waals surface area contributed by atoms with Gasteiger partial charge in [0.1, 0.15) is 16.2 Å². The molecule has 0 aliphatic rings. The molecular formula is C7H9BrN2O2S2. The van der Waals surface area contributed by atoms with Gasteiger partial charge in [-0.2, -0.15) is 0 Å². The van der Waals surface area contributed by atoms with E-state index in [1.54, 1.807) is 6.92 Å². The van der Waals surface area contributed by atoms with Crippen LogP contribution < -0.4 is 0 Å². The molecule has 14 heavy (non-hydrogen) atoms. The number of aryl methyl sites for hydroxylation is 1. The van der Waals surface area contributed by atoms with Crippen LogP contribution in [0, 0.1) is 11.6 Å². The van der Waals surface area contributed by atoms with Crippen molar-refractivity contribution in [2.45, 2.75) is 12.7 Å². The van der Waals surface area contributed by atoms with E-state index in [2.05, 4.69) is 25.9 Å². The summed E-state index contributed by atoms with van der Waals surface area (Å²) in [4.78, 5) is 6.82. The number of aromatic amines is 1. The Kier molecular flexibility index (Phi) is 3.44. The van der Waals surface area contributed by atoms with Gasteiger partial charge in [0.25, 0.3) is 0 Å². The number of nitrogens with one attached hydrogen (secondary N) is 1. The summed E-state index contributed by atoms with van der Waals surface area (Å²) in [6.45, 7) is 1.80.